The molecule has 0 spiro atoms. The maximum absolute atomic E-state index is 4.94. The molecule has 0 radical (unpaired) electrons. The fourth-order valence-corrected chi connectivity index (χ4v) is 1.60. The van der Waals surface area contributed by atoms with E-state index in [2.05, 4.69) is 271 Å². The highest BCUT2D eigenvalue weighted by molar-refractivity contribution is 4.23. The van der Waals surface area contributed by atoms with E-state index in [1.807, 2.05) is 0 Å². The van der Waals surface area contributed by atoms with Gasteiger partial charge < -0.3 is 0 Å². The molecule has 0 aliphatic rings. The van der Waals surface area contributed by atoms with Crippen molar-refractivity contribution in [2.75, 3.05) is 7.05 Å². The van der Waals surface area contributed by atoms with E-state index in [1.54, 1.807) is 7.05 Å². The summed E-state index contributed by atoms with van der Waals surface area (Å²) in [5, 5.41) is 1.39. The molecule has 0 aromatic carbocycles. The molecule has 0 bridgehead atoms. The molecule has 320 valence electrons. The van der Waals surface area contributed by atoms with Crippen molar-refractivity contribution in [3.05, 3.63) is 0 Å². The average molecular weight is 797 g/mol. The molecule has 0 aromatic rings. The van der Waals surface area contributed by atoms with Gasteiger partial charge in [0.25, 0.3) is 0 Å². The molecule has 0 aromatic heterocycles. The van der Waals surface area contributed by atoms with Crippen LogP contribution in [0.4, 0.5) is 0 Å². The van der Waals surface area contributed by atoms with Crippen molar-refractivity contribution in [2.24, 2.45) is 11.7 Å². The summed E-state index contributed by atoms with van der Waals surface area (Å²) in [6.07, 6.45) is 0. The lowest BCUT2D eigenvalue weighted by atomic mass is 11.4. The quantitative estimate of drug-likeness (QED) is 0.0154. The van der Waals surface area contributed by atoms with Gasteiger partial charge in [-0.1, -0.05) is 0 Å². The van der Waals surface area contributed by atoms with E-state index in [0.29, 0.717) is 0 Å². The van der Waals surface area contributed by atoms with E-state index in [-0.39, 0.29) is 0 Å². The minimum absolute atomic E-state index is 1.39. The molecule has 0 aliphatic carbocycles. The third kappa shape index (κ3) is 47.9. The highest BCUT2D eigenvalue weighted by atomic mass is 16.1. The fraction of sp³-hybridized carbons (Fsp3) is 1.00. The van der Waals surface area contributed by atoms with Crippen LogP contribution in [0.1, 0.15) is 0 Å². The van der Waals surface area contributed by atoms with Gasteiger partial charge in [-0.25, -0.2) is 0 Å². The van der Waals surface area contributed by atoms with Crippen LogP contribution in [0.5, 0.6) is 0 Å². The van der Waals surface area contributed by atoms with Gasteiger partial charge in [-0.15, -0.1) is 0 Å². The van der Waals surface area contributed by atoms with Gasteiger partial charge in [0.2, 0.25) is 0 Å². The summed E-state index contributed by atoms with van der Waals surface area (Å²) in [4.78, 5) is 0. The third-order valence-electron chi connectivity index (χ3n) is 3.28. The largest absolute Gasteiger partial charge is 0.257 e. The molecule has 0 amide bonds. The van der Waals surface area contributed by atoms with E-state index >= 15 is 0 Å². The number of hydrazine groups is 51. The van der Waals surface area contributed by atoms with E-state index in [9.17, 15) is 0 Å². The predicted octanol–water partition coefficient (Wildman–Crippen LogP) is -25.6. The summed E-state index contributed by atoms with van der Waals surface area (Å²) in [6, 6.07) is 0. The summed E-state index contributed by atoms with van der Waals surface area (Å²) in [6.45, 7) is 0. The Hall–Kier alpha value is -2.08. The van der Waals surface area contributed by atoms with E-state index < -0.39 is 0 Å². The van der Waals surface area contributed by atoms with Crippen LogP contribution < -0.4 is 283 Å². The Kier molecular flexibility index (Phi) is 46.1. The van der Waals surface area contributed by atoms with Crippen molar-refractivity contribution in [1.82, 2.24) is 276 Å². The van der Waals surface area contributed by atoms with Gasteiger partial charge in [-0.2, -0.15) is 276 Å². The second kappa shape index (κ2) is 47.9. The first-order valence-electron chi connectivity index (χ1n) is 13.2. The lowest BCUT2D eigenvalue weighted by molar-refractivity contribution is 0.0537. The molecule has 0 saturated heterocycles. The lowest BCUT2D eigenvalue weighted by Crippen LogP contribution is -2.71. The second-order valence-electron chi connectivity index (χ2n) is 6.70. The Morgan fingerprint density at radius 2 is 0.302 bits per heavy atom. The van der Waals surface area contributed by atoms with Gasteiger partial charge in [-0.3, -0.25) is 11.7 Å². The summed E-state index contributed by atoms with van der Waals surface area (Å²) >= 11 is 0. The normalized spacial score (nSPS) is 11.8. The van der Waals surface area contributed by atoms with Gasteiger partial charge in [0.05, 0.1) is 0 Å². The summed E-state index contributed by atoms with van der Waals surface area (Å²) < 4.78 is 0. The maximum Gasteiger partial charge on any atom is 0.0202 e. The molecule has 52 heteroatoms. The average Bonchev–Trinajstić information content (AvgIpc) is 3.16. The summed E-state index contributed by atoms with van der Waals surface area (Å²) in [7, 11) is 1.64. The van der Waals surface area contributed by atoms with Crippen molar-refractivity contribution in [2.45, 2.75) is 0 Å². The highest BCUT2D eigenvalue weighted by Gasteiger charge is 1.93. The molecule has 0 saturated carbocycles. The summed E-state index contributed by atoms with van der Waals surface area (Å²) in [5.74, 6) is 9.88. The van der Waals surface area contributed by atoms with Crippen molar-refractivity contribution < 1.29 is 0 Å². The number of nitrogens with one attached hydrogen (secondary N) is 49. The minimum atomic E-state index is 1.39. The van der Waals surface area contributed by atoms with Crippen LogP contribution >= 0.6 is 0 Å². The van der Waals surface area contributed by atoms with Crippen LogP contribution in [-0.2, 0) is 0 Å². The number of nitrogens with zero attached hydrogens (tertiary/aromatic N) is 1. The first-order valence-corrected chi connectivity index (χ1v) is 13.2. The van der Waals surface area contributed by atoms with Gasteiger partial charge in [0.1, 0.15) is 0 Å². The van der Waals surface area contributed by atoms with Crippen LogP contribution in [-0.4, -0.2) is 12.2 Å². The zero-order chi connectivity index (χ0) is 38.2. The van der Waals surface area contributed by atoms with Gasteiger partial charge >= 0.3 is 0 Å². The SMILES string of the molecule is CN(NNNNNNNNNNNNNNNNNNNNNNNNN)NNNNNNNNNNNNNNNNNNNNNNNNNN. The molecular formula is CH56N52. The molecule has 0 aliphatic heterocycles. The molecule has 0 heterocycles. The summed E-state index contributed by atoms with van der Waals surface area (Å²) in [5.41, 5.74) is 122. The molecule has 53 heavy (non-hydrogen) atoms. The van der Waals surface area contributed by atoms with Crippen molar-refractivity contribution >= 4 is 0 Å². The molecule has 53 N–H and O–H groups in total. The van der Waals surface area contributed by atoms with Gasteiger partial charge in [0, 0.05) is 7.05 Å². The van der Waals surface area contributed by atoms with Crippen molar-refractivity contribution in [1.29, 1.82) is 0 Å². The van der Waals surface area contributed by atoms with Crippen LogP contribution in [0.15, 0.2) is 0 Å². The van der Waals surface area contributed by atoms with E-state index in [1.165, 1.54) is 5.12 Å². The van der Waals surface area contributed by atoms with Gasteiger partial charge in [-0.05, 0) is 0 Å². The second-order valence-corrected chi connectivity index (χ2v) is 6.70. The topological polar surface area (TPSA) is 645 Å². The lowest BCUT2D eigenvalue weighted by Gasteiger charge is -2.21. The standard InChI is InChI=1S/CH56N52/c1-53(51-49-47-45-43-41-39-37-35-33-31-29-27-25-23-21-19-17-15-13-11-9-7-5-3)52-50-48-46-44-42-40-38-36-34-32-30-28-26-24-22-20-18-16-14-12-10-8-6-4-2/h4-52H,2-3H2,1H3. The Morgan fingerprint density at radius 1 is 0.189 bits per heavy atom. The Bertz CT molecular complexity index is 600. The minimum Gasteiger partial charge on any atom is -0.257 e. The van der Waals surface area contributed by atoms with Crippen LogP contribution in [0, 0.1) is 0 Å². The molecule has 0 rings (SSSR count). The Balaban J connectivity index is 3.14. The Labute approximate surface area is 296 Å². The molecule has 0 atom stereocenters. The van der Waals surface area contributed by atoms with Crippen LogP contribution in [0.2, 0.25) is 0 Å². The highest BCUT2D eigenvalue weighted by Crippen LogP contribution is 1.52. The number of nitrogens with two attached hydrogens (primary N) is 2. The molecule has 0 unspecified atom stereocenters. The monoisotopic (exact) mass is 797 g/mol. The van der Waals surface area contributed by atoms with E-state index in [0.717, 1.165) is 0 Å². The van der Waals surface area contributed by atoms with Crippen molar-refractivity contribution in [3.8, 4) is 0 Å². The van der Waals surface area contributed by atoms with E-state index in [4.69, 9.17) is 11.7 Å². The van der Waals surface area contributed by atoms with Crippen LogP contribution in [0.3, 0.4) is 0 Å². The zero-order valence-electron chi connectivity index (χ0n) is 27.1. The molecule has 52 nitrogen and oxygen atoms in total. The number of hydrogen-bond acceptors (Lipinski definition) is 52. The Morgan fingerprint density at radius 3 is 0.434 bits per heavy atom. The number of hydrogen-bond donors (Lipinski definition) is 51. The maximum atomic E-state index is 4.94. The predicted molar refractivity (Wildman–Crippen MR) is 170 cm³/mol. The smallest absolute Gasteiger partial charge is 0.0202 e. The van der Waals surface area contributed by atoms with Crippen LogP contribution in [0.25, 0.3) is 0 Å². The number of rotatable bonds is 49. The third-order valence-corrected chi connectivity index (χ3v) is 3.28. The first-order chi connectivity index (χ1) is 26.3. The molecule has 0 fully saturated rings. The molecular weight excluding hydrogens is 740 g/mol. The fourth-order valence-electron chi connectivity index (χ4n) is 1.60. The first kappa shape index (κ1) is 50.9. The van der Waals surface area contributed by atoms with Gasteiger partial charge in [0.15, 0.2) is 0 Å². The zero-order valence-corrected chi connectivity index (χ0v) is 27.1. The van der Waals surface area contributed by atoms with Crippen molar-refractivity contribution in [3.63, 3.8) is 0 Å².